The average Bonchev–Trinajstić information content (AvgIpc) is 3.26. The summed E-state index contributed by atoms with van der Waals surface area (Å²) in [6, 6.07) is 38.7. The number of aromatic nitrogens is 1. The highest BCUT2D eigenvalue weighted by molar-refractivity contribution is 8.01. The van der Waals surface area contributed by atoms with Crippen LogP contribution in [0.15, 0.2) is 123 Å². The Morgan fingerprint density at radius 2 is 1.16 bits per heavy atom. The van der Waals surface area contributed by atoms with Crippen molar-refractivity contribution in [3.05, 3.63) is 109 Å². The number of nitrogens with zero attached hydrogens (tertiary/aromatic N) is 1. The summed E-state index contributed by atoms with van der Waals surface area (Å²) in [7, 11) is 0. The van der Waals surface area contributed by atoms with Crippen LogP contribution in [0.5, 0.6) is 0 Å². The van der Waals surface area contributed by atoms with Crippen molar-refractivity contribution in [2.24, 2.45) is 0 Å². The summed E-state index contributed by atoms with van der Waals surface area (Å²) in [4.78, 5) is 5.54. The second-order valence-corrected chi connectivity index (χ2v) is 13.6. The number of benzene rings is 5. The first-order valence-electron chi connectivity index (χ1n) is 13.2. The van der Waals surface area contributed by atoms with Gasteiger partial charge in [0.1, 0.15) is 0 Å². The molecule has 1 aromatic heterocycles. The highest BCUT2D eigenvalue weighted by Gasteiger charge is 2.38. The predicted octanol–water partition coefficient (Wildman–Crippen LogP) is 7.53. The molecular formula is C34H26BNS2. The van der Waals surface area contributed by atoms with E-state index >= 15 is 0 Å². The SMILES string of the molecule is CC(C)(C)c1ccc2c(c1)Sc1cccc3c1B2c1ccc(-n2c4ccccc4c4ccccc42)cc1S3. The van der Waals surface area contributed by atoms with Crippen LogP contribution in [0.3, 0.4) is 0 Å². The zero-order chi connectivity index (χ0) is 25.6. The zero-order valence-electron chi connectivity index (χ0n) is 21.7. The molecule has 182 valence electrons. The van der Waals surface area contributed by atoms with Crippen LogP contribution >= 0.6 is 23.5 Å². The van der Waals surface area contributed by atoms with Crippen molar-refractivity contribution in [3.63, 3.8) is 0 Å². The van der Waals surface area contributed by atoms with Gasteiger partial charge in [0.05, 0.1) is 11.0 Å². The smallest absolute Gasteiger partial charge is 0.247 e. The molecule has 1 nitrogen and oxygen atoms in total. The van der Waals surface area contributed by atoms with Crippen LogP contribution in [0.25, 0.3) is 27.5 Å². The Bertz CT molecular complexity index is 1870. The van der Waals surface area contributed by atoms with Crippen molar-refractivity contribution in [1.29, 1.82) is 0 Å². The first-order valence-corrected chi connectivity index (χ1v) is 14.9. The van der Waals surface area contributed by atoms with Gasteiger partial charge in [0.25, 0.3) is 0 Å². The standard InChI is InChI=1S/C34H26BNS2/c1-34(2,3)21-15-17-25-31(19-21)37-29-13-8-14-30-33(29)35(25)26-18-16-22(20-32(26)38-30)36-27-11-6-4-9-23(27)24-10-5-7-12-28(24)36/h4-20H,1-3H3. The summed E-state index contributed by atoms with van der Waals surface area (Å²) in [5.74, 6) is 0. The third-order valence-corrected chi connectivity index (χ3v) is 10.4. The molecule has 0 spiro atoms. The fraction of sp³-hybridized carbons (Fsp3) is 0.118. The lowest BCUT2D eigenvalue weighted by molar-refractivity contribution is 0.589. The Hall–Kier alpha value is -3.34. The van der Waals surface area contributed by atoms with Crippen LogP contribution in [0.2, 0.25) is 0 Å². The normalized spacial score (nSPS) is 13.9. The summed E-state index contributed by atoms with van der Waals surface area (Å²) in [6.07, 6.45) is 0. The Morgan fingerprint density at radius 1 is 0.579 bits per heavy atom. The monoisotopic (exact) mass is 523 g/mol. The molecule has 38 heavy (non-hydrogen) atoms. The van der Waals surface area contributed by atoms with Gasteiger partial charge < -0.3 is 4.57 Å². The summed E-state index contributed by atoms with van der Waals surface area (Å²) in [6.45, 7) is 7.18. The number of hydrogen-bond donors (Lipinski definition) is 0. The molecule has 0 unspecified atom stereocenters. The molecule has 0 atom stereocenters. The van der Waals surface area contributed by atoms with Gasteiger partial charge in [-0.25, -0.2) is 0 Å². The van der Waals surface area contributed by atoms with Crippen LogP contribution in [-0.4, -0.2) is 11.3 Å². The zero-order valence-corrected chi connectivity index (χ0v) is 23.3. The molecule has 0 radical (unpaired) electrons. The molecule has 0 N–H and O–H groups in total. The first kappa shape index (κ1) is 22.6. The van der Waals surface area contributed by atoms with Crippen LogP contribution < -0.4 is 16.4 Å². The minimum atomic E-state index is 0.134. The quantitative estimate of drug-likeness (QED) is 0.205. The molecule has 2 aliphatic heterocycles. The molecule has 0 fully saturated rings. The van der Waals surface area contributed by atoms with E-state index in [9.17, 15) is 0 Å². The molecular weight excluding hydrogens is 497 g/mol. The third kappa shape index (κ3) is 3.23. The number of rotatable bonds is 1. The molecule has 0 saturated carbocycles. The Labute approximate surface area is 232 Å². The Balaban J connectivity index is 1.34. The fourth-order valence-electron chi connectivity index (χ4n) is 6.22. The molecule has 2 aliphatic rings. The van der Waals surface area contributed by atoms with Crippen molar-refractivity contribution in [3.8, 4) is 5.69 Å². The maximum Gasteiger partial charge on any atom is 0.247 e. The van der Waals surface area contributed by atoms with Gasteiger partial charge in [-0.3, -0.25) is 0 Å². The van der Waals surface area contributed by atoms with Gasteiger partial charge in [-0.2, -0.15) is 0 Å². The van der Waals surface area contributed by atoms with E-state index in [0.29, 0.717) is 0 Å². The highest BCUT2D eigenvalue weighted by atomic mass is 32.2. The summed E-state index contributed by atoms with van der Waals surface area (Å²) in [5.41, 5.74) is 9.61. The molecule has 0 bridgehead atoms. The molecule has 3 heterocycles. The molecule has 0 amide bonds. The minimum Gasteiger partial charge on any atom is -0.309 e. The van der Waals surface area contributed by atoms with Crippen molar-refractivity contribution >= 4 is 68.4 Å². The topological polar surface area (TPSA) is 4.93 Å². The molecule has 5 aromatic carbocycles. The van der Waals surface area contributed by atoms with Crippen molar-refractivity contribution in [1.82, 2.24) is 4.57 Å². The first-order chi connectivity index (χ1) is 18.5. The van der Waals surface area contributed by atoms with E-state index in [1.165, 1.54) is 69.0 Å². The van der Waals surface area contributed by atoms with Gasteiger partial charge in [-0.15, -0.1) is 0 Å². The van der Waals surface area contributed by atoms with E-state index in [0.717, 1.165) is 0 Å². The third-order valence-electron chi connectivity index (χ3n) is 8.09. The molecule has 4 heteroatoms. The van der Waals surface area contributed by atoms with Crippen LogP contribution in [0.4, 0.5) is 0 Å². The van der Waals surface area contributed by atoms with E-state index in [-0.39, 0.29) is 12.1 Å². The van der Waals surface area contributed by atoms with Crippen molar-refractivity contribution in [2.75, 3.05) is 0 Å². The van der Waals surface area contributed by atoms with E-state index in [2.05, 4.69) is 128 Å². The number of fused-ring (bicyclic) bond motifs is 7. The number of hydrogen-bond acceptors (Lipinski definition) is 2. The number of para-hydroxylation sites is 2. The molecule has 0 aliphatic carbocycles. The lowest BCUT2D eigenvalue weighted by Crippen LogP contribution is -2.58. The Morgan fingerprint density at radius 3 is 1.79 bits per heavy atom. The van der Waals surface area contributed by atoms with Gasteiger partial charge >= 0.3 is 0 Å². The largest absolute Gasteiger partial charge is 0.309 e. The van der Waals surface area contributed by atoms with Crippen molar-refractivity contribution in [2.45, 2.75) is 45.8 Å². The predicted molar refractivity (Wildman–Crippen MR) is 165 cm³/mol. The maximum absolute atomic E-state index is 2.43. The summed E-state index contributed by atoms with van der Waals surface area (Å²) >= 11 is 3.87. The maximum atomic E-state index is 2.43. The molecule has 8 rings (SSSR count). The minimum absolute atomic E-state index is 0.134. The Kier molecular flexibility index (Phi) is 4.81. The summed E-state index contributed by atoms with van der Waals surface area (Å²) in [5, 5.41) is 2.60. The van der Waals surface area contributed by atoms with Gasteiger partial charge in [0, 0.05) is 36.0 Å². The van der Waals surface area contributed by atoms with Crippen LogP contribution in [-0.2, 0) is 5.41 Å². The van der Waals surface area contributed by atoms with Crippen LogP contribution in [0, 0.1) is 0 Å². The van der Waals surface area contributed by atoms with Crippen molar-refractivity contribution < 1.29 is 0 Å². The second kappa shape index (κ2) is 8.08. The lowest BCUT2D eigenvalue weighted by atomic mass is 9.36. The van der Waals surface area contributed by atoms with Gasteiger partial charge in [0.15, 0.2) is 0 Å². The van der Waals surface area contributed by atoms with E-state index in [1.54, 1.807) is 0 Å². The van der Waals surface area contributed by atoms with E-state index < -0.39 is 0 Å². The lowest BCUT2D eigenvalue weighted by Gasteiger charge is -2.34. The van der Waals surface area contributed by atoms with Gasteiger partial charge in [-0.1, -0.05) is 116 Å². The van der Waals surface area contributed by atoms with Crippen LogP contribution in [0.1, 0.15) is 26.3 Å². The second-order valence-electron chi connectivity index (χ2n) is 11.4. The van der Waals surface area contributed by atoms with E-state index in [4.69, 9.17) is 0 Å². The average molecular weight is 524 g/mol. The highest BCUT2D eigenvalue weighted by Crippen LogP contribution is 2.40. The molecule has 6 aromatic rings. The fourth-order valence-corrected chi connectivity index (χ4v) is 8.70. The van der Waals surface area contributed by atoms with Gasteiger partial charge in [-0.05, 0) is 58.9 Å². The van der Waals surface area contributed by atoms with E-state index in [1.807, 2.05) is 23.5 Å². The molecule has 0 saturated heterocycles. The van der Waals surface area contributed by atoms with Gasteiger partial charge in [0.2, 0.25) is 6.71 Å². The summed E-state index contributed by atoms with van der Waals surface area (Å²) < 4.78 is 2.43.